The SMILES string of the molecule is Cc1ccc(C(C)(O)CNC(=O)Nc2ccc(Cl)cc2Cl)o1. The van der Waals surface area contributed by atoms with E-state index in [4.69, 9.17) is 27.6 Å². The van der Waals surface area contributed by atoms with Crippen LogP contribution in [0.2, 0.25) is 10.0 Å². The van der Waals surface area contributed by atoms with Gasteiger partial charge in [0.25, 0.3) is 0 Å². The Morgan fingerprint density at radius 3 is 2.64 bits per heavy atom. The third-order valence-corrected chi connectivity index (χ3v) is 3.59. The summed E-state index contributed by atoms with van der Waals surface area (Å²) in [5, 5.41) is 16.3. The van der Waals surface area contributed by atoms with E-state index in [-0.39, 0.29) is 6.54 Å². The summed E-state index contributed by atoms with van der Waals surface area (Å²) in [4.78, 5) is 11.9. The van der Waals surface area contributed by atoms with Crippen LogP contribution in [0.15, 0.2) is 34.7 Å². The van der Waals surface area contributed by atoms with Crippen LogP contribution >= 0.6 is 23.2 Å². The van der Waals surface area contributed by atoms with Gasteiger partial charge in [0.15, 0.2) is 0 Å². The van der Waals surface area contributed by atoms with Crippen LogP contribution in [0.25, 0.3) is 0 Å². The summed E-state index contributed by atoms with van der Waals surface area (Å²) in [6.07, 6.45) is 0. The van der Waals surface area contributed by atoms with Crippen molar-refractivity contribution >= 4 is 34.9 Å². The second-order valence-electron chi connectivity index (χ2n) is 5.12. The maximum Gasteiger partial charge on any atom is 0.319 e. The van der Waals surface area contributed by atoms with Crippen molar-refractivity contribution in [2.24, 2.45) is 0 Å². The number of amides is 2. The standard InChI is InChI=1S/C15H16Cl2N2O3/c1-9-3-6-13(22-9)15(2,21)8-18-14(20)19-12-5-4-10(16)7-11(12)17/h3-7,21H,8H2,1-2H3,(H2,18,19,20). The molecule has 2 aromatic rings. The van der Waals surface area contributed by atoms with Crippen LogP contribution in [-0.2, 0) is 5.60 Å². The van der Waals surface area contributed by atoms with Gasteiger partial charge in [-0.1, -0.05) is 23.2 Å². The van der Waals surface area contributed by atoms with Crippen LogP contribution in [0, 0.1) is 6.92 Å². The molecule has 1 aromatic carbocycles. The zero-order valence-corrected chi connectivity index (χ0v) is 13.6. The summed E-state index contributed by atoms with van der Waals surface area (Å²) >= 11 is 11.8. The molecule has 1 heterocycles. The maximum absolute atomic E-state index is 11.9. The summed E-state index contributed by atoms with van der Waals surface area (Å²) in [7, 11) is 0. The number of urea groups is 1. The number of aliphatic hydroxyl groups is 1. The number of anilines is 1. The number of carbonyl (C=O) groups excluding carboxylic acids is 1. The van der Waals surface area contributed by atoms with E-state index in [1.165, 1.54) is 6.07 Å². The first-order chi connectivity index (χ1) is 10.3. The molecule has 0 bridgehead atoms. The molecule has 5 nitrogen and oxygen atoms in total. The van der Waals surface area contributed by atoms with Gasteiger partial charge >= 0.3 is 6.03 Å². The highest BCUT2D eigenvalue weighted by molar-refractivity contribution is 6.36. The van der Waals surface area contributed by atoms with E-state index < -0.39 is 11.6 Å². The lowest BCUT2D eigenvalue weighted by Gasteiger charge is -2.21. The van der Waals surface area contributed by atoms with Crippen LogP contribution < -0.4 is 10.6 Å². The predicted octanol–water partition coefficient (Wildman–Crippen LogP) is 3.92. The molecule has 0 saturated heterocycles. The number of carbonyl (C=O) groups is 1. The van der Waals surface area contributed by atoms with E-state index >= 15 is 0 Å². The van der Waals surface area contributed by atoms with Crippen molar-refractivity contribution in [1.29, 1.82) is 0 Å². The van der Waals surface area contributed by atoms with Gasteiger partial charge in [-0.15, -0.1) is 0 Å². The summed E-state index contributed by atoms with van der Waals surface area (Å²) in [6.45, 7) is 3.32. The Morgan fingerprint density at radius 1 is 1.32 bits per heavy atom. The van der Waals surface area contributed by atoms with E-state index in [2.05, 4.69) is 10.6 Å². The van der Waals surface area contributed by atoms with Crippen molar-refractivity contribution in [3.05, 3.63) is 51.9 Å². The number of aryl methyl sites for hydroxylation is 1. The molecule has 0 aliphatic rings. The van der Waals surface area contributed by atoms with Crippen LogP contribution in [-0.4, -0.2) is 17.7 Å². The molecular weight excluding hydrogens is 327 g/mol. The second-order valence-corrected chi connectivity index (χ2v) is 5.96. The molecule has 1 atom stereocenters. The Morgan fingerprint density at radius 2 is 2.05 bits per heavy atom. The molecule has 0 saturated carbocycles. The molecule has 7 heteroatoms. The molecule has 1 aromatic heterocycles. The Balaban J connectivity index is 1.95. The Hall–Kier alpha value is -1.69. The second kappa shape index (κ2) is 6.60. The van der Waals surface area contributed by atoms with Gasteiger partial charge in [0.2, 0.25) is 0 Å². The average molecular weight is 343 g/mol. The number of furan rings is 1. The average Bonchev–Trinajstić information content (AvgIpc) is 2.87. The summed E-state index contributed by atoms with van der Waals surface area (Å²) in [5.41, 5.74) is -0.882. The molecule has 1 unspecified atom stereocenters. The van der Waals surface area contributed by atoms with Crippen LogP contribution in [0.3, 0.4) is 0 Å². The van der Waals surface area contributed by atoms with Gasteiger partial charge in [0.1, 0.15) is 17.1 Å². The third-order valence-electron chi connectivity index (χ3n) is 3.04. The Kier molecular flexibility index (Phi) is 5.01. The molecule has 22 heavy (non-hydrogen) atoms. The molecule has 2 rings (SSSR count). The quantitative estimate of drug-likeness (QED) is 0.788. The van der Waals surface area contributed by atoms with Crippen molar-refractivity contribution in [1.82, 2.24) is 5.32 Å². The maximum atomic E-state index is 11.9. The van der Waals surface area contributed by atoms with Crippen molar-refractivity contribution < 1.29 is 14.3 Å². The number of rotatable bonds is 4. The van der Waals surface area contributed by atoms with Gasteiger partial charge in [0.05, 0.1) is 17.3 Å². The van der Waals surface area contributed by atoms with Crippen LogP contribution in [0.4, 0.5) is 10.5 Å². The summed E-state index contributed by atoms with van der Waals surface area (Å²) in [5.74, 6) is 1.07. The minimum Gasteiger partial charge on any atom is -0.463 e. The van der Waals surface area contributed by atoms with Gasteiger partial charge in [-0.25, -0.2) is 4.79 Å². The highest BCUT2D eigenvalue weighted by Crippen LogP contribution is 2.25. The molecular formula is C15H16Cl2N2O3. The minimum absolute atomic E-state index is 0.0169. The third kappa shape index (κ3) is 4.16. The molecule has 3 N–H and O–H groups in total. The van der Waals surface area contributed by atoms with Crippen molar-refractivity contribution in [3.8, 4) is 0 Å². The Bertz CT molecular complexity index is 683. The minimum atomic E-state index is -1.31. The highest BCUT2D eigenvalue weighted by atomic mass is 35.5. The zero-order chi connectivity index (χ0) is 16.3. The molecule has 0 aliphatic heterocycles. The first kappa shape index (κ1) is 16.7. The van der Waals surface area contributed by atoms with Gasteiger partial charge < -0.3 is 20.2 Å². The first-order valence-corrected chi connectivity index (χ1v) is 7.33. The number of halogens is 2. The Labute approximate surface area is 138 Å². The van der Waals surface area contributed by atoms with Gasteiger partial charge in [-0.3, -0.25) is 0 Å². The monoisotopic (exact) mass is 342 g/mol. The van der Waals surface area contributed by atoms with Crippen LogP contribution in [0.1, 0.15) is 18.4 Å². The van der Waals surface area contributed by atoms with Crippen molar-refractivity contribution in [2.45, 2.75) is 19.4 Å². The molecule has 0 fully saturated rings. The summed E-state index contributed by atoms with van der Waals surface area (Å²) in [6, 6.07) is 7.67. The number of hydrogen-bond donors (Lipinski definition) is 3. The molecule has 0 spiro atoms. The lowest BCUT2D eigenvalue weighted by molar-refractivity contribution is 0.0364. The predicted molar refractivity (Wildman–Crippen MR) is 86.5 cm³/mol. The normalized spacial score (nSPS) is 13.5. The molecule has 0 aliphatic carbocycles. The summed E-state index contributed by atoms with van der Waals surface area (Å²) < 4.78 is 5.37. The molecule has 2 amide bonds. The smallest absolute Gasteiger partial charge is 0.319 e. The lowest BCUT2D eigenvalue weighted by Crippen LogP contribution is -2.40. The van der Waals surface area contributed by atoms with E-state index in [1.807, 2.05) is 0 Å². The molecule has 0 radical (unpaired) electrons. The lowest BCUT2D eigenvalue weighted by atomic mass is 10.0. The van der Waals surface area contributed by atoms with E-state index in [9.17, 15) is 9.90 Å². The fourth-order valence-corrected chi connectivity index (χ4v) is 2.28. The van der Waals surface area contributed by atoms with Crippen LogP contribution in [0.5, 0.6) is 0 Å². The number of hydrogen-bond acceptors (Lipinski definition) is 3. The fraction of sp³-hybridized carbons (Fsp3) is 0.267. The van der Waals surface area contributed by atoms with Crippen molar-refractivity contribution in [2.75, 3.05) is 11.9 Å². The number of nitrogens with one attached hydrogen (secondary N) is 2. The fourth-order valence-electron chi connectivity index (χ4n) is 1.82. The van der Waals surface area contributed by atoms with Gasteiger partial charge in [-0.2, -0.15) is 0 Å². The zero-order valence-electron chi connectivity index (χ0n) is 12.1. The topological polar surface area (TPSA) is 74.5 Å². The van der Waals surface area contributed by atoms with E-state index in [0.29, 0.717) is 27.3 Å². The van der Waals surface area contributed by atoms with Crippen molar-refractivity contribution in [3.63, 3.8) is 0 Å². The van der Waals surface area contributed by atoms with Gasteiger partial charge in [-0.05, 0) is 44.2 Å². The molecule has 118 valence electrons. The highest BCUT2D eigenvalue weighted by Gasteiger charge is 2.27. The number of benzene rings is 1. The largest absolute Gasteiger partial charge is 0.463 e. The first-order valence-electron chi connectivity index (χ1n) is 6.57. The van der Waals surface area contributed by atoms with E-state index in [0.717, 1.165) is 0 Å². The van der Waals surface area contributed by atoms with E-state index in [1.54, 1.807) is 38.1 Å². The van der Waals surface area contributed by atoms with Gasteiger partial charge in [0, 0.05) is 5.02 Å².